The molecule has 0 N–H and O–H groups in total. The molecule has 1 aromatic heterocycles. The van der Waals surface area contributed by atoms with Gasteiger partial charge in [-0.05, 0) is 31.5 Å². The fraction of sp³-hybridized carbons (Fsp3) is 0.353. The average molecular weight is 297 g/mol. The molecule has 0 aliphatic carbocycles. The lowest BCUT2D eigenvalue weighted by Gasteiger charge is -2.29. The fourth-order valence-electron chi connectivity index (χ4n) is 2.71. The van der Waals surface area contributed by atoms with Crippen molar-refractivity contribution in [1.82, 2.24) is 15.1 Å². The highest BCUT2D eigenvalue weighted by molar-refractivity contribution is 5.94. The fourth-order valence-corrected chi connectivity index (χ4v) is 2.71. The van der Waals surface area contributed by atoms with E-state index in [1.54, 1.807) is 18.0 Å². The summed E-state index contributed by atoms with van der Waals surface area (Å²) in [4.78, 5) is 14.3. The lowest BCUT2D eigenvalue weighted by Crippen LogP contribution is -2.44. The van der Waals surface area contributed by atoms with Crippen LogP contribution in [0.25, 0.3) is 0 Å². The minimum Gasteiger partial charge on any atom is -0.488 e. The van der Waals surface area contributed by atoms with Crippen LogP contribution in [0.15, 0.2) is 36.5 Å². The number of hydrogen-bond acceptors (Lipinski definition) is 4. The highest BCUT2D eigenvalue weighted by Crippen LogP contribution is 2.30. The molecule has 0 fully saturated rings. The predicted molar refractivity (Wildman–Crippen MR) is 82.9 cm³/mol. The summed E-state index contributed by atoms with van der Waals surface area (Å²) in [7, 11) is 1.80. The molecule has 2 unspecified atom stereocenters. The van der Waals surface area contributed by atoms with Crippen LogP contribution >= 0.6 is 0 Å². The van der Waals surface area contributed by atoms with Crippen molar-refractivity contribution in [2.75, 3.05) is 7.05 Å². The lowest BCUT2D eigenvalue weighted by molar-refractivity contribution is 0.0597. The molecule has 2 aromatic rings. The zero-order valence-electron chi connectivity index (χ0n) is 13.0. The molecule has 1 aliphatic heterocycles. The van der Waals surface area contributed by atoms with Gasteiger partial charge in [-0.25, -0.2) is 0 Å². The van der Waals surface area contributed by atoms with Crippen LogP contribution in [0, 0.1) is 6.92 Å². The van der Waals surface area contributed by atoms with E-state index in [1.807, 2.05) is 32.0 Å². The Morgan fingerprint density at radius 3 is 2.91 bits per heavy atom. The SMILES string of the molecule is Cc1cc(C(=O)N(C)C(C)C2Cc3ccccc3O2)cnn1. The van der Waals surface area contributed by atoms with Gasteiger partial charge in [-0.3, -0.25) is 4.79 Å². The van der Waals surface area contributed by atoms with Gasteiger partial charge >= 0.3 is 0 Å². The summed E-state index contributed by atoms with van der Waals surface area (Å²) < 4.78 is 5.98. The first-order chi connectivity index (χ1) is 10.6. The van der Waals surface area contributed by atoms with Crippen molar-refractivity contribution < 1.29 is 9.53 Å². The number of aryl methyl sites for hydroxylation is 1. The number of hydrogen-bond donors (Lipinski definition) is 0. The van der Waals surface area contributed by atoms with Crippen LogP contribution in [0.1, 0.15) is 28.5 Å². The van der Waals surface area contributed by atoms with Crippen molar-refractivity contribution in [3.05, 3.63) is 53.3 Å². The second-order valence-electron chi connectivity index (χ2n) is 5.71. The number of amides is 1. The molecule has 1 aromatic carbocycles. The molecule has 0 saturated heterocycles. The molecular formula is C17H19N3O2. The quantitative estimate of drug-likeness (QED) is 0.872. The van der Waals surface area contributed by atoms with Crippen molar-refractivity contribution in [2.45, 2.75) is 32.4 Å². The summed E-state index contributed by atoms with van der Waals surface area (Å²) in [6.45, 7) is 3.83. The third-order valence-corrected chi connectivity index (χ3v) is 4.16. The van der Waals surface area contributed by atoms with Gasteiger partial charge in [0.05, 0.1) is 23.5 Å². The highest BCUT2D eigenvalue weighted by atomic mass is 16.5. The number of aromatic nitrogens is 2. The highest BCUT2D eigenvalue weighted by Gasteiger charge is 2.32. The van der Waals surface area contributed by atoms with Crippen molar-refractivity contribution in [2.24, 2.45) is 0 Å². The molecule has 0 radical (unpaired) electrons. The maximum atomic E-state index is 12.6. The van der Waals surface area contributed by atoms with Crippen LogP contribution in [0.4, 0.5) is 0 Å². The lowest BCUT2D eigenvalue weighted by atomic mass is 10.0. The first-order valence-electron chi connectivity index (χ1n) is 7.37. The van der Waals surface area contributed by atoms with Gasteiger partial charge in [0, 0.05) is 13.5 Å². The van der Waals surface area contributed by atoms with Crippen molar-refractivity contribution >= 4 is 5.91 Å². The third kappa shape index (κ3) is 2.66. The number of fused-ring (bicyclic) bond motifs is 1. The van der Waals surface area contributed by atoms with Crippen LogP contribution < -0.4 is 4.74 Å². The van der Waals surface area contributed by atoms with Gasteiger partial charge in [0.15, 0.2) is 0 Å². The van der Waals surface area contributed by atoms with Crippen LogP contribution in [0.3, 0.4) is 0 Å². The largest absolute Gasteiger partial charge is 0.488 e. The van der Waals surface area contributed by atoms with Crippen LogP contribution in [-0.2, 0) is 6.42 Å². The van der Waals surface area contributed by atoms with Crippen LogP contribution in [-0.4, -0.2) is 40.2 Å². The first-order valence-corrected chi connectivity index (χ1v) is 7.37. The van der Waals surface area contributed by atoms with E-state index in [-0.39, 0.29) is 18.1 Å². The monoisotopic (exact) mass is 297 g/mol. The zero-order valence-corrected chi connectivity index (χ0v) is 13.0. The molecule has 0 bridgehead atoms. The molecule has 22 heavy (non-hydrogen) atoms. The molecule has 2 heterocycles. The number of carbonyl (C=O) groups is 1. The molecule has 3 rings (SSSR count). The Bertz CT molecular complexity index is 677. The number of carbonyl (C=O) groups excluding carboxylic acids is 1. The van der Waals surface area contributed by atoms with Crippen molar-refractivity contribution in [1.29, 1.82) is 0 Å². The van der Waals surface area contributed by atoms with E-state index in [4.69, 9.17) is 4.74 Å². The van der Waals surface area contributed by atoms with E-state index >= 15 is 0 Å². The smallest absolute Gasteiger partial charge is 0.255 e. The number of likely N-dealkylation sites (N-methyl/N-ethyl adjacent to an activating group) is 1. The van der Waals surface area contributed by atoms with Gasteiger partial charge in [-0.1, -0.05) is 18.2 Å². The molecule has 0 saturated carbocycles. The van der Waals surface area contributed by atoms with Crippen molar-refractivity contribution in [3.63, 3.8) is 0 Å². The van der Waals surface area contributed by atoms with E-state index in [1.165, 1.54) is 11.8 Å². The third-order valence-electron chi connectivity index (χ3n) is 4.16. The van der Waals surface area contributed by atoms with Crippen LogP contribution in [0.2, 0.25) is 0 Å². The number of nitrogens with zero attached hydrogens (tertiary/aromatic N) is 3. The van der Waals surface area contributed by atoms with E-state index in [2.05, 4.69) is 16.3 Å². The zero-order chi connectivity index (χ0) is 15.7. The molecule has 5 nitrogen and oxygen atoms in total. The molecule has 5 heteroatoms. The Morgan fingerprint density at radius 1 is 1.41 bits per heavy atom. The Morgan fingerprint density at radius 2 is 2.18 bits per heavy atom. The van der Waals surface area contributed by atoms with E-state index in [0.717, 1.165) is 17.9 Å². The minimum atomic E-state index is -0.0648. The summed E-state index contributed by atoms with van der Waals surface area (Å²) in [6, 6.07) is 9.73. The first kappa shape index (κ1) is 14.5. The Labute approximate surface area is 129 Å². The Kier molecular flexibility index (Phi) is 3.79. The molecular weight excluding hydrogens is 278 g/mol. The summed E-state index contributed by atoms with van der Waals surface area (Å²) in [5.74, 6) is 0.853. The Hall–Kier alpha value is -2.43. The second kappa shape index (κ2) is 5.75. The average Bonchev–Trinajstić information content (AvgIpc) is 2.96. The van der Waals surface area contributed by atoms with Gasteiger partial charge in [0.25, 0.3) is 5.91 Å². The second-order valence-corrected chi connectivity index (χ2v) is 5.71. The van der Waals surface area contributed by atoms with E-state index in [9.17, 15) is 4.79 Å². The molecule has 1 aliphatic rings. The standard InChI is InChI=1S/C17H19N3O2/c1-11-8-14(10-18-19-11)17(21)20(3)12(2)16-9-13-6-4-5-7-15(13)22-16/h4-8,10,12,16H,9H2,1-3H3. The van der Waals surface area contributed by atoms with Gasteiger partial charge < -0.3 is 9.64 Å². The topological polar surface area (TPSA) is 55.3 Å². The predicted octanol–water partition coefficient (Wildman–Crippen LogP) is 2.25. The molecule has 114 valence electrons. The number of para-hydroxylation sites is 1. The summed E-state index contributed by atoms with van der Waals surface area (Å²) in [5, 5.41) is 7.73. The number of rotatable bonds is 3. The van der Waals surface area contributed by atoms with Gasteiger partial charge in [0.1, 0.15) is 11.9 Å². The van der Waals surface area contributed by atoms with Gasteiger partial charge in [0.2, 0.25) is 0 Å². The number of ether oxygens (including phenoxy) is 1. The molecule has 2 atom stereocenters. The molecule has 0 spiro atoms. The summed E-state index contributed by atoms with van der Waals surface area (Å²) >= 11 is 0. The van der Waals surface area contributed by atoms with Crippen molar-refractivity contribution in [3.8, 4) is 5.75 Å². The van der Waals surface area contributed by atoms with Gasteiger partial charge in [-0.15, -0.1) is 0 Å². The maximum absolute atomic E-state index is 12.6. The maximum Gasteiger partial charge on any atom is 0.255 e. The molecule has 1 amide bonds. The number of benzene rings is 1. The summed E-state index contributed by atoms with van der Waals surface area (Å²) in [5.41, 5.74) is 2.48. The normalized spacial score (nSPS) is 17.5. The minimum absolute atomic E-state index is 0.0257. The summed E-state index contributed by atoms with van der Waals surface area (Å²) in [6.07, 6.45) is 2.30. The van der Waals surface area contributed by atoms with E-state index in [0.29, 0.717) is 5.56 Å². The van der Waals surface area contributed by atoms with Gasteiger partial charge in [-0.2, -0.15) is 10.2 Å². The Balaban J connectivity index is 1.73. The van der Waals surface area contributed by atoms with Crippen LogP contribution in [0.5, 0.6) is 5.75 Å². The van der Waals surface area contributed by atoms with E-state index < -0.39 is 0 Å².